The summed E-state index contributed by atoms with van der Waals surface area (Å²) in [5, 5.41) is 14.5. The van der Waals surface area contributed by atoms with Gasteiger partial charge in [-0.3, -0.25) is 0 Å². The predicted molar refractivity (Wildman–Crippen MR) is 17.4 cm³/mol. The van der Waals surface area contributed by atoms with Crippen molar-refractivity contribution < 1.29 is 10.2 Å². The van der Waals surface area contributed by atoms with E-state index in [0.717, 1.165) is 0 Å². The zero-order valence-electron chi connectivity index (χ0n) is 2.89. The van der Waals surface area contributed by atoms with E-state index in [0.29, 0.717) is 0 Å². The average molecular weight is 81.0 g/mol. The van der Waals surface area contributed by atoms with Crippen molar-refractivity contribution in [2.24, 2.45) is 0 Å². The van der Waals surface area contributed by atoms with E-state index in [1.807, 2.05) is 0 Å². The molecule has 0 saturated carbocycles. The molecule has 0 aromatic heterocycles. The molecular formula is C2H2NaO2. The van der Waals surface area contributed by atoms with Crippen molar-refractivity contribution in [3.63, 3.8) is 0 Å². The van der Waals surface area contributed by atoms with Crippen molar-refractivity contribution in [1.82, 2.24) is 0 Å². The quantitative estimate of drug-likeness (QED) is 0.298. The van der Waals surface area contributed by atoms with E-state index in [1.54, 1.807) is 0 Å². The Morgan fingerprint density at radius 1 is 1.00 bits per heavy atom. The van der Waals surface area contributed by atoms with Gasteiger partial charge in [0.25, 0.3) is 0 Å². The number of hydrogen-bond acceptors (Lipinski definition) is 2. The summed E-state index contributed by atoms with van der Waals surface area (Å²) in [6, 6.07) is 0. The van der Waals surface area contributed by atoms with Crippen LogP contribution in [-0.2, 0) is 0 Å². The molecule has 0 bridgehead atoms. The number of hydrogen-bond donors (Lipinski definition) is 2. The van der Waals surface area contributed by atoms with Gasteiger partial charge in [-0.25, -0.2) is 0 Å². The molecule has 0 spiro atoms. The van der Waals surface area contributed by atoms with Crippen LogP contribution in [0.1, 0.15) is 0 Å². The third-order valence-electron chi connectivity index (χ3n) is 0.0500. The molecule has 5 heavy (non-hydrogen) atoms. The molecule has 0 unspecified atom stereocenters. The van der Waals surface area contributed by atoms with Gasteiger partial charge in [0.1, 0.15) is 0 Å². The normalized spacial score (nSPS) is 2.40. The zero-order valence-corrected chi connectivity index (χ0v) is 4.89. The van der Waals surface area contributed by atoms with Gasteiger partial charge in [0.15, 0.2) is 12.2 Å². The first-order valence-corrected chi connectivity index (χ1v) is 0.697. The second kappa shape index (κ2) is 8.90. The van der Waals surface area contributed by atoms with Crippen LogP contribution in [0, 0.1) is 12.2 Å². The Morgan fingerprint density at radius 2 is 1.20 bits per heavy atom. The second-order valence-corrected chi connectivity index (χ2v) is 0.224. The smallest absolute Gasteiger partial charge is 0.152 e. The molecule has 3 heteroatoms. The van der Waals surface area contributed by atoms with Gasteiger partial charge in [0, 0.05) is 29.6 Å². The first kappa shape index (κ1) is 8.94. The second-order valence-electron chi connectivity index (χ2n) is 0.224. The molecule has 0 aliphatic carbocycles. The summed E-state index contributed by atoms with van der Waals surface area (Å²) in [6.45, 7) is 0. The standard InChI is InChI=1S/C2H2O2.Na/c3-1-2-4;/h3-4H;. The van der Waals surface area contributed by atoms with E-state index in [4.69, 9.17) is 10.2 Å². The molecule has 0 rings (SSSR count). The van der Waals surface area contributed by atoms with E-state index in [-0.39, 0.29) is 29.6 Å². The third kappa shape index (κ3) is 14.4. The number of aliphatic hydroxyl groups is 2. The van der Waals surface area contributed by atoms with Crippen molar-refractivity contribution in [2.45, 2.75) is 0 Å². The molecule has 1 radical (unpaired) electrons. The van der Waals surface area contributed by atoms with Crippen LogP contribution in [0.2, 0.25) is 0 Å². The van der Waals surface area contributed by atoms with Crippen LogP contribution in [-0.4, -0.2) is 39.8 Å². The summed E-state index contributed by atoms with van der Waals surface area (Å²) in [6.07, 6.45) is 2.47. The Balaban J connectivity index is 0. The van der Waals surface area contributed by atoms with Crippen LogP contribution < -0.4 is 0 Å². The van der Waals surface area contributed by atoms with Gasteiger partial charge in [0.05, 0.1) is 0 Å². The van der Waals surface area contributed by atoms with Gasteiger partial charge in [0.2, 0.25) is 0 Å². The molecule has 2 N–H and O–H groups in total. The van der Waals surface area contributed by atoms with E-state index in [9.17, 15) is 0 Å². The number of rotatable bonds is 0. The van der Waals surface area contributed by atoms with Gasteiger partial charge in [-0.2, -0.15) is 0 Å². The summed E-state index contributed by atoms with van der Waals surface area (Å²) in [5.41, 5.74) is 0. The van der Waals surface area contributed by atoms with Crippen molar-refractivity contribution in [3.8, 4) is 12.2 Å². The molecule has 0 heterocycles. The SMILES string of the molecule is OC#CO.[Na]. The van der Waals surface area contributed by atoms with Gasteiger partial charge in [-0.05, 0) is 0 Å². The average Bonchev–Trinajstić information content (AvgIpc) is 1.37. The molecule has 0 fully saturated rings. The maximum absolute atomic E-state index is 7.26. The van der Waals surface area contributed by atoms with Crippen LogP contribution in [0.4, 0.5) is 0 Å². The minimum atomic E-state index is 0. The van der Waals surface area contributed by atoms with Crippen molar-refractivity contribution in [1.29, 1.82) is 0 Å². The van der Waals surface area contributed by atoms with Crippen LogP contribution in [0.5, 0.6) is 0 Å². The summed E-state index contributed by atoms with van der Waals surface area (Å²) in [5.74, 6) is 0. The Morgan fingerprint density at radius 3 is 1.20 bits per heavy atom. The largest absolute Gasteiger partial charge is 0.460 e. The summed E-state index contributed by atoms with van der Waals surface area (Å²) in [4.78, 5) is 0. The van der Waals surface area contributed by atoms with Crippen LogP contribution in [0.15, 0.2) is 0 Å². The first-order chi connectivity index (χ1) is 1.91. The third-order valence-corrected chi connectivity index (χ3v) is 0.0500. The zero-order chi connectivity index (χ0) is 3.41. The maximum atomic E-state index is 7.26. The maximum Gasteiger partial charge on any atom is 0.152 e. The summed E-state index contributed by atoms with van der Waals surface area (Å²) >= 11 is 0. The summed E-state index contributed by atoms with van der Waals surface area (Å²) in [7, 11) is 0. The summed E-state index contributed by atoms with van der Waals surface area (Å²) < 4.78 is 0. The molecule has 0 saturated heterocycles. The molecule has 0 aliphatic heterocycles. The fraction of sp³-hybridized carbons (Fsp3) is 0. The minimum absolute atomic E-state index is 0. The van der Waals surface area contributed by atoms with Crippen LogP contribution in [0.3, 0.4) is 0 Å². The van der Waals surface area contributed by atoms with Crippen LogP contribution in [0.25, 0.3) is 0 Å². The van der Waals surface area contributed by atoms with Gasteiger partial charge < -0.3 is 10.2 Å². The van der Waals surface area contributed by atoms with E-state index in [1.165, 1.54) is 12.2 Å². The Labute approximate surface area is 52.1 Å². The Kier molecular flexibility index (Phi) is 15.9. The molecule has 23 valence electrons. The Bertz CT molecular complexity index is 44.4. The minimum Gasteiger partial charge on any atom is -0.460 e. The topological polar surface area (TPSA) is 40.5 Å². The molecule has 0 aromatic carbocycles. The monoisotopic (exact) mass is 81.0 g/mol. The molecule has 0 amide bonds. The molecule has 2 nitrogen and oxygen atoms in total. The van der Waals surface area contributed by atoms with E-state index < -0.39 is 0 Å². The van der Waals surface area contributed by atoms with E-state index in [2.05, 4.69) is 0 Å². The van der Waals surface area contributed by atoms with Crippen LogP contribution >= 0.6 is 0 Å². The van der Waals surface area contributed by atoms with E-state index >= 15 is 0 Å². The molecular weight excluding hydrogens is 79.0 g/mol. The van der Waals surface area contributed by atoms with Gasteiger partial charge in [-0.1, -0.05) is 0 Å². The first-order valence-electron chi connectivity index (χ1n) is 0.697. The fourth-order valence-corrected chi connectivity index (χ4v) is 0. The Hall–Kier alpha value is 0.160. The van der Waals surface area contributed by atoms with Crippen molar-refractivity contribution >= 4 is 29.6 Å². The molecule has 0 atom stereocenters. The van der Waals surface area contributed by atoms with Crippen molar-refractivity contribution in [2.75, 3.05) is 0 Å². The predicted octanol–water partition coefficient (Wildman–Crippen LogP) is -0.731. The van der Waals surface area contributed by atoms with Gasteiger partial charge >= 0.3 is 0 Å². The molecule has 0 aliphatic rings. The number of aliphatic hydroxyl groups excluding tert-OH is 2. The fourth-order valence-electron chi connectivity index (χ4n) is 0. The molecule has 0 aromatic rings. The van der Waals surface area contributed by atoms with Crippen molar-refractivity contribution in [3.05, 3.63) is 0 Å². The van der Waals surface area contributed by atoms with Gasteiger partial charge in [-0.15, -0.1) is 0 Å².